The number of rotatable bonds is 33. The fourth-order valence-corrected chi connectivity index (χ4v) is 4.88. The normalized spacial score (nSPS) is 12.3. The molecule has 272 valence electrons. The van der Waals surface area contributed by atoms with E-state index in [1.807, 2.05) is 30.3 Å². The summed E-state index contributed by atoms with van der Waals surface area (Å²) in [6, 6.07) is 8.99. The molecule has 10 nitrogen and oxygen atoms in total. The van der Waals surface area contributed by atoms with Crippen LogP contribution in [0.3, 0.4) is 0 Å². The van der Waals surface area contributed by atoms with E-state index in [4.69, 9.17) is 23.7 Å². The Bertz CT molecular complexity index is 879. The highest BCUT2D eigenvalue weighted by atomic mass is 32.1. The number of amides is 2. The van der Waals surface area contributed by atoms with Crippen LogP contribution in [-0.2, 0) is 39.7 Å². The predicted molar refractivity (Wildman–Crippen MR) is 192 cm³/mol. The molecule has 1 unspecified atom stereocenters. The first-order valence-corrected chi connectivity index (χ1v) is 18.4. The third-order valence-electron chi connectivity index (χ3n) is 7.97. The van der Waals surface area contributed by atoms with Crippen molar-refractivity contribution < 1.29 is 37.8 Å². The van der Waals surface area contributed by atoms with Gasteiger partial charge >= 0.3 is 0 Å². The number of ether oxygens (including phenoxy) is 5. The summed E-state index contributed by atoms with van der Waals surface area (Å²) in [5.41, 5.74) is 0.975. The first-order valence-electron chi connectivity index (χ1n) is 17.8. The minimum atomic E-state index is -0.677. The fraction of sp³-hybridized carbons (Fsp3) is 0.778. The average Bonchev–Trinajstić information content (AvgIpc) is 3.06. The zero-order valence-electron chi connectivity index (χ0n) is 29.7. The van der Waals surface area contributed by atoms with E-state index in [-0.39, 0.29) is 25.0 Å². The maximum atomic E-state index is 12.9. The number of carbonyl (C=O) groups excluding carboxylic acids is 2. The molecule has 0 aromatic heterocycles. The lowest BCUT2D eigenvalue weighted by atomic mass is 10.1. The molecule has 0 spiro atoms. The monoisotopic (exact) mass is 684 g/mol. The van der Waals surface area contributed by atoms with Crippen molar-refractivity contribution >= 4 is 24.4 Å². The maximum absolute atomic E-state index is 12.9. The van der Waals surface area contributed by atoms with Gasteiger partial charge in [-0.2, -0.15) is 12.6 Å². The summed E-state index contributed by atoms with van der Waals surface area (Å²) < 4.78 is 28.5. The largest absolute Gasteiger partial charge is 0.379 e. The minimum absolute atomic E-state index is 0.142. The van der Waals surface area contributed by atoms with Crippen LogP contribution in [0.25, 0.3) is 0 Å². The van der Waals surface area contributed by atoms with Crippen molar-refractivity contribution in [3.8, 4) is 0 Å². The smallest absolute Gasteiger partial charge is 0.246 e. The molecule has 0 saturated carbocycles. The number of benzene rings is 1. The zero-order valence-corrected chi connectivity index (χ0v) is 30.6. The van der Waals surface area contributed by atoms with Gasteiger partial charge in [0.15, 0.2) is 0 Å². The Morgan fingerprint density at radius 3 is 1.72 bits per heavy atom. The van der Waals surface area contributed by atoms with Crippen molar-refractivity contribution in [1.82, 2.24) is 10.6 Å². The van der Waals surface area contributed by atoms with Crippen LogP contribution in [0, 0.1) is 0 Å². The van der Waals surface area contributed by atoms with Crippen molar-refractivity contribution in [2.45, 2.75) is 77.2 Å². The molecule has 0 bridgehead atoms. The first kappa shape index (κ1) is 43.3. The molecule has 0 saturated heterocycles. The Kier molecular flexibility index (Phi) is 27.9. The molecule has 1 aromatic carbocycles. The van der Waals surface area contributed by atoms with E-state index in [0.29, 0.717) is 59.2 Å². The SMILES string of the molecule is CC[N+](C)(C)CCNC(=O)C(Cc1ccccc1)NC(=O)COCCOCCOCCOCCOCCCCCCCCCCCS. The van der Waals surface area contributed by atoms with E-state index in [0.717, 1.165) is 41.9 Å². The summed E-state index contributed by atoms with van der Waals surface area (Å²) in [6.07, 6.45) is 12.0. The molecule has 0 radical (unpaired) electrons. The standard InChI is InChI=1S/C36H65N3O7S/c1-4-39(2,3)20-19-37-36(41)34(31-33-17-13-12-14-18-33)38-35(40)32-46-29-28-45-27-26-44-25-24-43-23-22-42-21-15-10-8-6-5-7-9-11-16-30-47/h12-14,17-18,34H,4-11,15-16,19-32H2,1-3H3,(H2-,37,38,40,41,47)/p+1. The van der Waals surface area contributed by atoms with Gasteiger partial charge in [0, 0.05) is 13.0 Å². The molecule has 0 fully saturated rings. The molecular weight excluding hydrogens is 618 g/mol. The van der Waals surface area contributed by atoms with Crippen molar-refractivity contribution in [1.29, 1.82) is 0 Å². The number of nitrogens with one attached hydrogen (secondary N) is 2. The van der Waals surface area contributed by atoms with Crippen molar-refractivity contribution in [2.75, 3.05) is 106 Å². The third kappa shape index (κ3) is 26.9. The zero-order chi connectivity index (χ0) is 34.3. The molecule has 2 amide bonds. The number of quaternary nitrogens is 1. The van der Waals surface area contributed by atoms with E-state index in [1.165, 1.54) is 51.4 Å². The molecule has 2 N–H and O–H groups in total. The Morgan fingerprint density at radius 2 is 1.19 bits per heavy atom. The van der Waals surface area contributed by atoms with Gasteiger partial charge in [0.25, 0.3) is 0 Å². The van der Waals surface area contributed by atoms with Gasteiger partial charge < -0.3 is 38.8 Å². The highest BCUT2D eigenvalue weighted by molar-refractivity contribution is 7.80. The molecular formula is C36H66N3O7S+. The van der Waals surface area contributed by atoms with Gasteiger partial charge in [0.05, 0.1) is 86.6 Å². The molecule has 0 aliphatic carbocycles. The van der Waals surface area contributed by atoms with E-state index in [1.54, 1.807) is 0 Å². The van der Waals surface area contributed by atoms with E-state index in [2.05, 4.69) is 44.3 Å². The van der Waals surface area contributed by atoms with Crippen molar-refractivity contribution in [3.63, 3.8) is 0 Å². The van der Waals surface area contributed by atoms with Gasteiger partial charge in [-0.05, 0) is 31.1 Å². The van der Waals surface area contributed by atoms with Crippen LogP contribution in [0.1, 0.15) is 70.3 Å². The van der Waals surface area contributed by atoms with Crippen molar-refractivity contribution in [2.24, 2.45) is 0 Å². The summed E-state index contributed by atoms with van der Waals surface area (Å²) >= 11 is 4.25. The summed E-state index contributed by atoms with van der Waals surface area (Å²) in [4.78, 5) is 25.5. The highest BCUT2D eigenvalue weighted by Gasteiger charge is 2.22. The predicted octanol–water partition coefficient (Wildman–Crippen LogP) is 4.45. The Balaban J connectivity index is 1.99. The van der Waals surface area contributed by atoms with E-state index in [9.17, 15) is 9.59 Å². The van der Waals surface area contributed by atoms with Gasteiger partial charge in [0.1, 0.15) is 12.6 Å². The Hall–Kier alpha value is -1.73. The first-order chi connectivity index (χ1) is 22.9. The van der Waals surface area contributed by atoms with Crippen LogP contribution < -0.4 is 10.6 Å². The van der Waals surface area contributed by atoms with Gasteiger partial charge in [-0.3, -0.25) is 9.59 Å². The highest BCUT2D eigenvalue weighted by Crippen LogP contribution is 2.10. The maximum Gasteiger partial charge on any atom is 0.246 e. The Morgan fingerprint density at radius 1 is 0.702 bits per heavy atom. The number of thiol groups is 1. The van der Waals surface area contributed by atoms with Gasteiger partial charge in [-0.15, -0.1) is 0 Å². The number of hydrogen-bond donors (Lipinski definition) is 3. The van der Waals surface area contributed by atoms with E-state index >= 15 is 0 Å². The summed E-state index contributed by atoms with van der Waals surface area (Å²) in [7, 11) is 4.24. The number of likely N-dealkylation sites (N-methyl/N-ethyl adjacent to an activating group) is 1. The molecule has 1 atom stereocenters. The number of carbonyl (C=O) groups is 2. The van der Waals surface area contributed by atoms with Crippen LogP contribution in [0.15, 0.2) is 30.3 Å². The number of nitrogens with zero attached hydrogens (tertiary/aromatic N) is 1. The van der Waals surface area contributed by atoms with Crippen LogP contribution in [0.5, 0.6) is 0 Å². The van der Waals surface area contributed by atoms with Gasteiger partial charge in [-0.25, -0.2) is 0 Å². The Labute approximate surface area is 290 Å². The number of hydrogen-bond acceptors (Lipinski definition) is 8. The average molecular weight is 685 g/mol. The third-order valence-corrected chi connectivity index (χ3v) is 8.29. The molecule has 1 rings (SSSR count). The molecule has 0 heterocycles. The van der Waals surface area contributed by atoms with Crippen LogP contribution >= 0.6 is 12.6 Å². The van der Waals surface area contributed by atoms with Crippen LogP contribution in [-0.4, -0.2) is 128 Å². The molecule has 11 heteroatoms. The molecule has 47 heavy (non-hydrogen) atoms. The second-order valence-electron chi connectivity index (χ2n) is 12.5. The summed E-state index contributed by atoms with van der Waals surface area (Å²) in [6.45, 7) is 8.82. The molecule has 1 aromatic rings. The quantitative estimate of drug-likeness (QED) is 0.0571. The second kappa shape index (κ2) is 30.3. The lowest BCUT2D eigenvalue weighted by Gasteiger charge is -2.28. The molecule has 0 aliphatic heterocycles. The summed E-state index contributed by atoms with van der Waals surface area (Å²) in [5, 5.41) is 5.81. The van der Waals surface area contributed by atoms with Gasteiger partial charge in [0.2, 0.25) is 11.8 Å². The summed E-state index contributed by atoms with van der Waals surface area (Å²) in [5.74, 6) is 0.480. The van der Waals surface area contributed by atoms with E-state index < -0.39 is 6.04 Å². The van der Waals surface area contributed by atoms with Crippen LogP contribution in [0.2, 0.25) is 0 Å². The lowest BCUT2D eigenvalue weighted by molar-refractivity contribution is -0.887. The number of unbranched alkanes of at least 4 members (excludes halogenated alkanes) is 8. The lowest BCUT2D eigenvalue weighted by Crippen LogP contribution is -2.51. The van der Waals surface area contributed by atoms with Crippen LogP contribution in [0.4, 0.5) is 0 Å². The van der Waals surface area contributed by atoms with Gasteiger partial charge in [-0.1, -0.05) is 75.3 Å². The minimum Gasteiger partial charge on any atom is -0.379 e. The molecule has 0 aliphatic rings. The fourth-order valence-electron chi connectivity index (χ4n) is 4.66. The van der Waals surface area contributed by atoms with Crippen molar-refractivity contribution in [3.05, 3.63) is 35.9 Å². The topological polar surface area (TPSA) is 104 Å². The second-order valence-corrected chi connectivity index (χ2v) is 12.9.